The van der Waals surface area contributed by atoms with Crippen molar-refractivity contribution in [3.63, 3.8) is 0 Å². The van der Waals surface area contributed by atoms with Gasteiger partial charge in [-0.3, -0.25) is 19.9 Å². The molecule has 3 aromatic heterocycles. The predicted molar refractivity (Wildman–Crippen MR) is 136 cm³/mol. The van der Waals surface area contributed by atoms with Gasteiger partial charge in [-0.1, -0.05) is 22.9 Å². The van der Waals surface area contributed by atoms with E-state index in [1.54, 1.807) is 38.4 Å². The summed E-state index contributed by atoms with van der Waals surface area (Å²) in [6.45, 7) is 1.76. The van der Waals surface area contributed by atoms with Crippen LogP contribution in [0.5, 0.6) is 11.5 Å². The van der Waals surface area contributed by atoms with E-state index in [-0.39, 0.29) is 23.6 Å². The number of fused-ring (bicyclic) bond motifs is 1. The van der Waals surface area contributed by atoms with E-state index in [1.165, 1.54) is 35.7 Å². The number of carbonyl (C=O) groups excluding carboxylic acids is 2. The number of nitrogens with zero attached hydrogens (tertiary/aromatic N) is 4. The Morgan fingerprint density at radius 1 is 1.11 bits per heavy atom. The highest BCUT2D eigenvalue weighted by Crippen LogP contribution is 2.35. The molecule has 9 nitrogen and oxygen atoms in total. The molecule has 0 fully saturated rings. The van der Waals surface area contributed by atoms with E-state index >= 15 is 0 Å². The molecule has 0 aliphatic carbocycles. The van der Waals surface area contributed by atoms with Crippen molar-refractivity contribution in [2.75, 3.05) is 33.1 Å². The van der Waals surface area contributed by atoms with E-state index in [0.29, 0.717) is 38.8 Å². The van der Waals surface area contributed by atoms with Crippen LogP contribution >= 0.6 is 22.9 Å². The first-order valence-corrected chi connectivity index (χ1v) is 11.7. The lowest BCUT2D eigenvalue weighted by atomic mass is 10.0. The quantitative estimate of drug-likeness (QED) is 0.365. The maximum atomic E-state index is 13.2. The fourth-order valence-corrected chi connectivity index (χ4v) is 4.24. The normalized spacial score (nSPS) is 10.8. The SMILES string of the molecule is COc1cnc(Cl)cc1-c1cc(C)ncc1C(=O)Nc1nc2cc(OCC(=O)N(C)C)ccc2s1. The second-order valence-corrected chi connectivity index (χ2v) is 9.18. The summed E-state index contributed by atoms with van der Waals surface area (Å²) >= 11 is 7.44. The molecule has 35 heavy (non-hydrogen) atoms. The van der Waals surface area contributed by atoms with Gasteiger partial charge in [0.15, 0.2) is 11.7 Å². The summed E-state index contributed by atoms with van der Waals surface area (Å²) in [6, 6.07) is 8.76. The summed E-state index contributed by atoms with van der Waals surface area (Å²) in [5, 5.41) is 3.54. The molecule has 1 aromatic carbocycles. The molecular formula is C24H22ClN5O4S. The molecule has 0 atom stereocenters. The lowest BCUT2D eigenvalue weighted by molar-refractivity contribution is -0.130. The summed E-state index contributed by atoms with van der Waals surface area (Å²) < 4.78 is 11.8. The number of thiazole rings is 1. The van der Waals surface area contributed by atoms with Crippen molar-refractivity contribution in [2.24, 2.45) is 0 Å². The van der Waals surface area contributed by atoms with Crippen molar-refractivity contribution in [3.05, 3.63) is 59.1 Å². The molecule has 3 heterocycles. The van der Waals surface area contributed by atoms with Gasteiger partial charge in [-0.15, -0.1) is 0 Å². The van der Waals surface area contributed by atoms with Crippen LogP contribution in [-0.4, -0.2) is 59.5 Å². The standard InChI is InChI=1S/C24H22ClN5O4S/c1-13-7-15(16-9-21(25)27-11-19(16)33-4)17(10-26-13)23(32)29-24-28-18-8-14(5-6-20(18)35-24)34-12-22(31)30(2)3/h5-11H,12H2,1-4H3,(H,28,29,32). The lowest BCUT2D eigenvalue weighted by Gasteiger charge is -2.13. The van der Waals surface area contributed by atoms with Gasteiger partial charge in [0.2, 0.25) is 0 Å². The molecule has 1 N–H and O–H groups in total. The molecule has 0 saturated heterocycles. The molecule has 0 saturated carbocycles. The highest BCUT2D eigenvalue weighted by molar-refractivity contribution is 7.22. The Bertz CT molecular complexity index is 1420. The zero-order valence-electron chi connectivity index (χ0n) is 19.5. The first-order valence-electron chi connectivity index (χ1n) is 10.5. The highest BCUT2D eigenvalue weighted by Gasteiger charge is 2.19. The number of ether oxygens (including phenoxy) is 2. The number of hydrogen-bond donors (Lipinski definition) is 1. The topological polar surface area (TPSA) is 107 Å². The first-order chi connectivity index (χ1) is 16.7. The lowest BCUT2D eigenvalue weighted by Crippen LogP contribution is -2.27. The van der Waals surface area contributed by atoms with Crippen molar-refractivity contribution < 1.29 is 19.1 Å². The molecule has 0 radical (unpaired) electrons. The number of carbonyl (C=O) groups is 2. The summed E-state index contributed by atoms with van der Waals surface area (Å²) in [5.74, 6) is 0.470. The van der Waals surface area contributed by atoms with Crippen LogP contribution in [-0.2, 0) is 4.79 Å². The number of anilines is 1. The van der Waals surface area contributed by atoms with Crippen LogP contribution < -0.4 is 14.8 Å². The summed E-state index contributed by atoms with van der Waals surface area (Å²) in [7, 11) is 4.86. The fraction of sp³-hybridized carbons (Fsp3) is 0.208. The third-order valence-electron chi connectivity index (χ3n) is 5.07. The number of hydrogen-bond acceptors (Lipinski definition) is 8. The van der Waals surface area contributed by atoms with Crippen LogP contribution in [0, 0.1) is 6.92 Å². The fourth-order valence-electron chi connectivity index (χ4n) is 3.24. The number of methoxy groups -OCH3 is 1. The Hall–Kier alpha value is -3.76. The van der Waals surface area contributed by atoms with Crippen LogP contribution in [0.1, 0.15) is 16.1 Å². The molecule has 4 rings (SSSR count). The largest absolute Gasteiger partial charge is 0.494 e. The van der Waals surface area contributed by atoms with E-state index in [2.05, 4.69) is 20.3 Å². The van der Waals surface area contributed by atoms with Gasteiger partial charge < -0.3 is 14.4 Å². The summed E-state index contributed by atoms with van der Waals surface area (Å²) in [5.41, 5.74) is 2.94. The average Bonchev–Trinajstić information content (AvgIpc) is 3.23. The molecule has 4 aromatic rings. The second-order valence-electron chi connectivity index (χ2n) is 7.76. The van der Waals surface area contributed by atoms with E-state index in [1.807, 2.05) is 13.0 Å². The zero-order valence-corrected chi connectivity index (χ0v) is 21.0. The van der Waals surface area contributed by atoms with E-state index in [9.17, 15) is 9.59 Å². The number of aryl methyl sites for hydroxylation is 1. The van der Waals surface area contributed by atoms with Crippen LogP contribution in [0.4, 0.5) is 5.13 Å². The Balaban J connectivity index is 1.60. The van der Waals surface area contributed by atoms with Gasteiger partial charge in [0, 0.05) is 43.2 Å². The van der Waals surface area contributed by atoms with Gasteiger partial charge in [0.1, 0.15) is 16.7 Å². The Labute approximate surface area is 210 Å². The van der Waals surface area contributed by atoms with E-state index in [4.69, 9.17) is 21.1 Å². The smallest absolute Gasteiger partial charge is 0.259 e. The molecular weight excluding hydrogens is 490 g/mol. The third-order valence-corrected chi connectivity index (χ3v) is 6.23. The zero-order chi connectivity index (χ0) is 25.1. The highest BCUT2D eigenvalue weighted by atomic mass is 35.5. The van der Waals surface area contributed by atoms with Gasteiger partial charge in [0.25, 0.3) is 11.8 Å². The van der Waals surface area contributed by atoms with Crippen molar-refractivity contribution in [1.82, 2.24) is 19.9 Å². The second kappa shape index (κ2) is 10.2. The summed E-state index contributed by atoms with van der Waals surface area (Å²) in [4.78, 5) is 39.3. The van der Waals surface area contributed by atoms with Crippen molar-refractivity contribution in [1.29, 1.82) is 0 Å². The first kappa shape index (κ1) is 24.4. The number of amides is 2. The van der Waals surface area contributed by atoms with Gasteiger partial charge in [-0.25, -0.2) is 9.97 Å². The monoisotopic (exact) mass is 511 g/mol. The number of nitrogens with one attached hydrogen (secondary N) is 1. The molecule has 11 heteroatoms. The van der Waals surface area contributed by atoms with Gasteiger partial charge in [-0.2, -0.15) is 0 Å². The molecule has 2 amide bonds. The van der Waals surface area contributed by atoms with E-state index in [0.717, 1.165) is 10.4 Å². The van der Waals surface area contributed by atoms with Gasteiger partial charge in [0.05, 0.1) is 29.1 Å². The van der Waals surface area contributed by atoms with Crippen LogP contribution in [0.25, 0.3) is 21.3 Å². The number of benzene rings is 1. The van der Waals surface area contributed by atoms with E-state index < -0.39 is 0 Å². The number of aromatic nitrogens is 3. The Morgan fingerprint density at radius 3 is 2.66 bits per heavy atom. The maximum Gasteiger partial charge on any atom is 0.259 e. The van der Waals surface area contributed by atoms with Crippen LogP contribution in [0.15, 0.2) is 42.7 Å². The predicted octanol–water partition coefficient (Wildman–Crippen LogP) is 4.44. The molecule has 180 valence electrons. The maximum absolute atomic E-state index is 13.2. The summed E-state index contributed by atoms with van der Waals surface area (Å²) in [6.07, 6.45) is 3.02. The van der Waals surface area contributed by atoms with Crippen molar-refractivity contribution >= 4 is 50.1 Å². The Kier molecular flexibility index (Phi) is 7.13. The van der Waals surface area contributed by atoms with Crippen molar-refractivity contribution in [2.45, 2.75) is 6.92 Å². The van der Waals surface area contributed by atoms with Crippen LogP contribution in [0.2, 0.25) is 5.15 Å². The minimum Gasteiger partial charge on any atom is -0.494 e. The number of pyridine rings is 2. The number of likely N-dealkylation sites (N-methyl/N-ethyl adjacent to an activating group) is 1. The number of halogens is 1. The molecule has 0 aliphatic heterocycles. The molecule has 0 unspecified atom stereocenters. The Morgan fingerprint density at radius 2 is 1.91 bits per heavy atom. The van der Waals surface area contributed by atoms with Crippen molar-refractivity contribution in [3.8, 4) is 22.6 Å². The molecule has 0 aliphatic rings. The molecule has 0 bridgehead atoms. The minimum absolute atomic E-state index is 0.0715. The average molecular weight is 512 g/mol. The minimum atomic E-state index is -0.380. The molecule has 0 spiro atoms. The van der Waals surface area contributed by atoms with Crippen LogP contribution in [0.3, 0.4) is 0 Å². The third kappa shape index (κ3) is 5.50. The van der Waals surface area contributed by atoms with Gasteiger partial charge in [-0.05, 0) is 31.2 Å². The van der Waals surface area contributed by atoms with Gasteiger partial charge >= 0.3 is 0 Å². The number of rotatable bonds is 7.